The number of carbonyl (C=O) groups is 1. The van der Waals surface area contributed by atoms with E-state index in [0.717, 1.165) is 0 Å². The first kappa shape index (κ1) is 12.7. The number of hydrogen-bond acceptors (Lipinski definition) is 6. The minimum Gasteiger partial charge on any atom is -0.408 e. The number of nitrogen functional groups attached to an aromatic ring is 1. The van der Waals surface area contributed by atoms with Crippen LogP contribution in [0.25, 0.3) is 22.4 Å². The van der Waals surface area contributed by atoms with Gasteiger partial charge in [0.15, 0.2) is 11.9 Å². The average Bonchev–Trinajstić information content (AvgIpc) is 2.98. The fourth-order valence-corrected chi connectivity index (χ4v) is 2.10. The van der Waals surface area contributed by atoms with E-state index in [2.05, 4.69) is 10.1 Å². The highest BCUT2D eigenvalue weighted by Crippen LogP contribution is 2.27. The van der Waals surface area contributed by atoms with Crippen LogP contribution in [0, 0.1) is 11.3 Å². The van der Waals surface area contributed by atoms with E-state index in [4.69, 9.17) is 15.4 Å². The molecule has 0 unspecified atom stereocenters. The molecule has 3 N–H and O–H groups in total. The lowest BCUT2D eigenvalue weighted by Crippen LogP contribution is -2.03. The quantitative estimate of drug-likeness (QED) is 0.686. The molecule has 104 valence electrons. The van der Waals surface area contributed by atoms with Crippen molar-refractivity contribution >= 4 is 23.2 Å². The maximum Gasteiger partial charge on any atom is 0.417 e. The molecule has 0 aliphatic heterocycles. The van der Waals surface area contributed by atoms with Gasteiger partial charge in [-0.15, -0.1) is 0 Å². The molecule has 2 heterocycles. The van der Waals surface area contributed by atoms with Gasteiger partial charge in [0, 0.05) is 5.56 Å². The standard InChI is InChI=1S/C13H9N5O3/c14-3-4-18-12(15)8(6-19)11(17-18)7-1-2-9-10(5-7)21-13(20)16-9/h1-2,5-6H,4,15H2,(H,16,20). The van der Waals surface area contributed by atoms with Crippen LogP contribution in [0.4, 0.5) is 5.82 Å². The molecule has 8 heteroatoms. The molecule has 0 amide bonds. The van der Waals surface area contributed by atoms with E-state index in [-0.39, 0.29) is 17.9 Å². The number of nitrogens with one attached hydrogen (secondary N) is 1. The van der Waals surface area contributed by atoms with Crippen molar-refractivity contribution in [2.75, 3.05) is 5.73 Å². The van der Waals surface area contributed by atoms with Gasteiger partial charge in [0.2, 0.25) is 0 Å². The third kappa shape index (κ3) is 1.97. The molecule has 0 saturated carbocycles. The zero-order valence-corrected chi connectivity index (χ0v) is 10.7. The Labute approximate surface area is 117 Å². The number of aromatic amines is 1. The summed E-state index contributed by atoms with van der Waals surface area (Å²) in [6.07, 6.45) is 0.586. The summed E-state index contributed by atoms with van der Waals surface area (Å²) >= 11 is 0. The number of aromatic nitrogens is 3. The first-order valence-electron chi connectivity index (χ1n) is 5.95. The molecule has 2 aromatic heterocycles. The largest absolute Gasteiger partial charge is 0.417 e. The Morgan fingerprint density at radius 2 is 2.33 bits per heavy atom. The molecule has 0 spiro atoms. The highest BCUT2D eigenvalue weighted by Gasteiger charge is 2.17. The molecule has 21 heavy (non-hydrogen) atoms. The van der Waals surface area contributed by atoms with E-state index in [1.54, 1.807) is 18.2 Å². The number of anilines is 1. The van der Waals surface area contributed by atoms with Gasteiger partial charge < -0.3 is 10.2 Å². The molecule has 3 rings (SSSR count). The predicted molar refractivity (Wildman–Crippen MR) is 73.5 cm³/mol. The van der Waals surface area contributed by atoms with Crippen molar-refractivity contribution in [1.29, 1.82) is 5.26 Å². The maximum absolute atomic E-state index is 11.2. The normalized spacial score (nSPS) is 10.6. The van der Waals surface area contributed by atoms with Gasteiger partial charge in [0.25, 0.3) is 0 Å². The SMILES string of the molecule is N#CCn1nc(-c2ccc3[nH]c(=O)oc3c2)c(C=O)c1N. The van der Waals surface area contributed by atoms with Crippen LogP contribution in [0.3, 0.4) is 0 Å². The van der Waals surface area contributed by atoms with Crippen molar-refractivity contribution in [2.24, 2.45) is 0 Å². The van der Waals surface area contributed by atoms with Crippen molar-refractivity contribution in [3.05, 3.63) is 34.3 Å². The van der Waals surface area contributed by atoms with Gasteiger partial charge in [-0.25, -0.2) is 9.48 Å². The molecule has 0 aliphatic carbocycles. The molecule has 0 fully saturated rings. The van der Waals surface area contributed by atoms with E-state index in [0.29, 0.717) is 28.6 Å². The number of nitrogens with zero attached hydrogens (tertiary/aromatic N) is 3. The topological polar surface area (TPSA) is 131 Å². The minimum absolute atomic E-state index is 0.0614. The molecule has 1 aromatic carbocycles. The summed E-state index contributed by atoms with van der Waals surface area (Å²) in [7, 11) is 0. The number of nitrogens with two attached hydrogens (primary N) is 1. The third-order valence-corrected chi connectivity index (χ3v) is 3.06. The number of aldehydes is 1. The lowest BCUT2D eigenvalue weighted by molar-refractivity contribution is 0.112. The molecular weight excluding hydrogens is 274 g/mol. The maximum atomic E-state index is 11.2. The van der Waals surface area contributed by atoms with Crippen molar-refractivity contribution in [3.8, 4) is 17.3 Å². The Morgan fingerprint density at radius 3 is 3.05 bits per heavy atom. The number of nitriles is 1. The number of H-pyrrole nitrogens is 1. The lowest BCUT2D eigenvalue weighted by Gasteiger charge is -1.97. The summed E-state index contributed by atoms with van der Waals surface area (Å²) in [6, 6.07) is 6.82. The van der Waals surface area contributed by atoms with Crippen LogP contribution in [0.1, 0.15) is 10.4 Å². The van der Waals surface area contributed by atoms with Crippen LogP contribution >= 0.6 is 0 Å². The fraction of sp³-hybridized carbons (Fsp3) is 0.0769. The number of fused-ring (bicyclic) bond motifs is 1. The number of rotatable bonds is 3. The van der Waals surface area contributed by atoms with Gasteiger partial charge >= 0.3 is 5.76 Å². The van der Waals surface area contributed by atoms with Crippen LogP contribution in [0.2, 0.25) is 0 Å². The predicted octanol–water partition coefficient (Wildman–Crippen LogP) is 0.903. The van der Waals surface area contributed by atoms with E-state index in [1.807, 2.05) is 6.07 Å². The van der Waals surface area contributed by atoms with Crippen molar-refractivity contribution in [3.63, 3.8) is 0 Å². The van der Waals surface area contributed by atoms with Gasteiger partial charge in [-0.3, -0.25) is 9.78 Å². The monoisotopic (exact) mass is 283 g/mol. The average molecular weight is 283 g/mol. The molecule has 8 nitrogen and oxygen atoms in total. The number of benzene rings is 1. The van der Waals surface area contributed by atoms with E-state index in [9.17, 15) is 9.59 Å². The molecule has 0 aliphatic rings. The molecule has 0 saturated heterocycles. The van der Waals surface area contributed by atoms with Gasteiger partial charge in [0.05, 0.1) is 17.1 Å². The first-order chi connectivity index (χ1) is 10.1. The van der Waals surface area contributed by atoms with Gasteiger partial charge in [-0.05, 0) is 12.1 Å². The zero-order chi connectivity index (χ0) is 15.0. The summed E-state index contributed by atoms with van der Waals surface area (Å²) in [4.78, 5) is 24.9. The fourth-order valence-electron chi connectivity index (χ4n) is 2.10. The molecule has 0 bridgehead atoms. The van der Waals surface area contributed by atoms with Gasteiger partial charge in [0.1, 0.15) is 18.1 Å². The van der Waals surface area contributed by atoms with Crippen LogP contribution < -0.4 is 11.5 Å². The summed E-state index contributed by atoms with van der Waals surface area (Å²) < 4.78 is 6.22. The number of carbonyl (C=O) groups excluding carboxylic acids is 1. The summed E-state index contributed by atoms with van der Waals surface area (Å²) in [5.41, 5.74) is 7.78. The molecule has 0 radical (unpaired) electrons. The van der Waals surface area contributed by atoms with E-state index >= 15 is 0 Å². The summed E-state index contributed by atoms with van der Waals surface area (Å²) in [5, 5.41) is 12.9. The zero-order valence-electron chi connectivity index (χ0n) is 10.7. The second kappa shape index (κ2) is 4.64. The smallest absolute Gasteiger partial charge is 0.408 e. The second-order valence-electron chi connectivity index (χ2n) is 4.31. The Morgan fingerprint density at radius 1 is 1.52 bits per heavy atom. The second-order valence-corrected chi connectivity index (χ2v) is 4.31. The van der Waals surface area contributed by atoms with Crippen LogP contribution in [-0.2, 0) is 6.54 Å². The van der Waals surface area contributed by atoms with Gasteiger partial charge in [-0.2, -0.15) is 10.4 Å². The first-order valence-corrected chi connectivity index (χ1v) is 5.95. The minimum atomic E-state index is -0.563. The summed E-state index contributed by atoms with van der Waals surface area (Å²) in [6.45, 7) is -0.0614. The van der Waals surface area contributed by atoms with E-state index in [1.165, 1.54) is 4.68 Å². The number of hydrogen-bond donors (Lipinski definition) is 2. The van der Waals surface area contributed by atoms with Gasteiger partial charge in [-0.1, -0.05) is 6.07 Å². The Bertz CT molecular complexity index is 941. The number of oxazole rings is 1. The Balaban J connectivity index is 2.21. The lowest BCUT2D eigenvalue weighted by atomic mass is 10.1. The van der Waals surface area contributed by atoms with Crippen molar-refractivity contribution in [1.82, 2.24) is 14.8 Å². The Kier molecular flexibility index (Phi) is 2.80. The van der Waals surface area contributed by atoms with E-state index < -0.39 is 5.76 Å². The Hall–Kier alpha value is -3.34. The summed E-state index contributed by atoms with van der Waals surface area (Å²) in [5.74, 6) is -0.440. The molecule has 3 aromatic rings. The van der Waals surface area contributed by atoms with Crippen LogP contribution in [0.5, 0.6) is 0 Å². The molecule has 0 atom stereocenters. The van der Waals surface area contributed by atoms with Crippen molar-refractivity contribution in [2.45, 2.75) is 6.54 Å². The van der Waals surface area contributed by atoms with Crippen LogP contribution in [0.15, 0.2) is 27.4 Å². The highest BCUT2D eigenvalue weighted by atomic mass is 16.4. The molecular formula is C13H9N5O3. The third-order valence-electron chi connectivity index (χ3n) is 3.06. The van der Waals surface area contributed by atoms with Crippen molar-refractivity contribution < 1.29 is 9.21 Å². The van der Waals surface area contributed by atoms with Crippen LogP contribution in [-0.4, -0.2) is 21.1 Å². The highest BCUT2D eigenvalue weighted by molar-refractivity contribution is 5.93.